The van der Waals surface area contributed by atoms with E-state index in [0.717, 1.165) is 109 Å². The van der Waals surface area contributed by atoms with Crippen molar-refractivity contribution in [2.24, 2.45) is 0 Å². The number of rotatable bonds is 8. The van der Waals surface area contributed by atoms with Gasteiger partial charge in [-0.1, -0.05) is 18.2 Å². The summed E-state index contributed by atoms with van der Waals surface area (Å²) in [5.74, 6) is -3.29. The van der Waals surface area contributed by atoms with Crippen LogP contribution in [0.25, 0.3) is 16.5 Å². The molecule has 5 amide bonds. The summed E-state index contributed by atoms with van der Waals surface area (Å²) in [6, 6.07) is 9.60. The predicted octanol–water partition coefficient (Wildman–Crippen LogP) is 4.98. The van der Waals surface area contributed by atoms with Crippen LogP contribution in [0.2, 0.25) is 5.02 Å². The van der Waals surface area contributed by atoms with E-state index in [9.17, 15) is 24.0 Å². The molecule has 14 nitrogen and oxygen atoms in total. The SMILES string of the molecule is C=C(C)c1c[nH]c2c(N3CCC(NC(=O)c4ccc(N5CCC(N6CCN(c7cc8c(cc7F)C(=O)N(C7CCC(=O)NC7=O)C8=O)CC6)CC5)cn4)CC3)ccc(Cl)c12. The first kappa shape index (κ1) is 39.6. The summed E-state index contributed by atoms with van der Waals surface area (Å²) in [4.78, 5) is 81.6. The summed E-state index contributed by atoms with van der Waals surface area (Å²) in [5.41, 5.74) is 5.72. The standard InChI is InChI=1S/C44H47ClFN9O5/c1-25(2)31-24-48-40-35(6-4-32(45)39(31)40)53-13-9-26(10-14-53)49-41(57)34-5-3-28(23-47-34)51-15-11-27(12-16-51)52-17-19-54(20-18-52)37-22-30-29(21-33(37)46)43(59)55(44(30)60)36-7-8-38(56)50-42(36)58/h3-6,21-24,26-27,36,48H,1,7-20H2,2H3,(H,49,57)(H,50,56,58). The quantitative estimate of drug-likeness (QED) is 0.207. The molecule has 312 valence electrons. The van der Waals surface area contributed by atoms with Crippen molar-refractivity contribution in [2.75, 3.05) is 67.1 Å². The van der Waals surface area contributed by atoms with Gasteiger partial charge >= 0.3 is 0 Å². The highest BCUT2D eigenvalue weighted by molar-refractivity contribution is 6.36. The Bertz CT molecular complexity index is 2410. The molecule has 60 heavy (non-hydrogen) atoms. The van der Waals surface area contributed by atoms with Crippen molar-refractivity contribution in [1.29, 1.82) is 0 Å². The van der Waals surface area contributed by atoms with E-state index in [2.05, 4.69) is 47.9 Å². The normalized spacial score (nSPS) is 20.9. The van der Waals surface area contributed by atoms with Crippen molar-refractivity contribution in [3.05, 3.63) is 88.6 Å². The Morgan fingerprint density at radius 1 is 0.850 bits per heavy atom. The van der Waals surface area contributed by atoms with Crippen LogP contribution in [0.3, 0.4) is 0 Å². The molecule has 2 aromatic carbocycles. The van der Waals surface area contributed by atoms with E-state index in [1.165, 1.54) is 6.07 Å². The number of halogens is 2. The summed E-state index contributed by atoms with van der Waals surface area (Å²) >= 11 is 6.58. The van der Waals surface area contributed by atoms with Gasteiger partial charge in [0.05, 0.1) is 44.9 Å². The maximum Gasteiger partial charge on any atom is 0.270 e. The fourth-order valence-electron chi connectivity index (χ4n) is 9.56. The molecule has 3 N–H and O–H groups in total. The topological polar surface area (TPSA) is 154 Å². The van der Waals surface area contributed by atoms with Crippen molar-refractivity contribution in [1.82, 2.24) is 30.4 Å². The second kappa shape index (κ2) is 16.0. The number of piperidine rings is 3. The number of aromatic amines is 1. The van der Waals surface area contributed by atoms with E-state index < -0.39 is 35.5 Å². The van der Waals surface area contributed by atoms with Gasteiger partial charge in [-0.05, 0) is 81.0 Å². The number of hydrogen-bond acceptors (Lipinski definition) is 10. The smallest absolute Gasteiger partial charge is 0.270 e. The zero-order chi connectivity index (χ0) is 41.8. The number of fused-ring (bicyclic) bond motifs is 2. The van der Waals surface area contributed by atoms with Crippen LogP contribution in [0, 0.1) is 5.82 Å². The minimum absolute atomic E-state index is 0.0157. The summed E-state index contributed by atoms with van der Waals surface area (Å²) in [6.45, 7) is 11.9. The number of piperazine rings is 1. The molecule has 1 unspecified atom stereocenters. The van der Waals surface area contributed by atoms with Gasteiger partial charge in [0.1, 0.15) is 17.6 Å². The molecule has 0 radical (unpaired) electrons. The molecule has 4 aromatic rings. The fourth-order valence-corrected chi connectivity index (χ4v) is 9.82. The Morgan fingerprint density at radius 2 is 1.53 bits per heavy atom. The molecule has 4 fully saturated rings. The molecule has 0 saturated carbocycles. The van der Waals surface area contributed by atoms with E-state index in [0.29, 0.717) is 29.8 Å². The molecule has 9 rings (SSSR count). The number of H-pyrrole nitrogens is 1. The van der Waals surface area contributed by atoms with Gasteiger partial charge in [0.25, 0.3) is 17.7 Å². The highest BCUT2D eigenvalue weighted by Crippen LogP contribution is 2.38. The van der Waals surface area contributed by atoms with Crippen LogP contribution in [0.15, 0.2) is 55.4 Å². The van der Waals surface area contributed by atoms with Gasteiger partial charge in [0.15, 0.2) is 0 Å². The van der Waals surface area contributed by atoms with E-state index in [1.807, 2.05) is 30.2 Å². The Labute approximate surface area is 351 Å². The predicted molar refractivity (Wildman–Crippen MR) is 227 cm³/mol. The number of anilines is 3. The highest BCUT2D eigenvalue weighted by Gasteiger charge is 2.45. The number of carbonyl (C=O) groups excluding carboxylic acids is 5. The average Bonchev–Trinajstić information content (AvgIpc) is 3.81. The molecule has 7 heterocycles. The summed E-state index contributed by atoms with van der Waals surface area (Å²) < 4.78 is 15.5. The molecule has 0 aliphatic carbocycles. The van der Waals surface area contributed by atoms with Gasteiger partial charge in [-0.2, -0.15) is 0 Å². The minimum Gasteiger partial charge on any atom is -0.370 e. The van der Waals surface area contributed by atoms with Crippen LogP contribution in [0.4, 0.5) is 21.5 Å². The number of aromatic nitrogens is 2. The van der Waals surface area contributed by atoms with Gasteiger partial charge in [-0.15, -0.1) is 0 Å². The van der Waals surface area contributed by atoms with Crippen LogP contribution < -0.4 is 25.3 Å². The lowest BCUT2D eigenvalue weighted by Crippen LogP contribution is -2.54. The lowest BCUT2D eigenvalue weighted by atomic mass is 10.0. The maximum atomic E-state index is 15.5. The molecule has 2 aromatic heterocycles. The molecule has 0 bridgehead atoms. The molecule has 1 atom stereocenters. The molecule has 5 aliphatic rings. The monoisotopic (exact) mass is 835 g/mol. The number of pyridine rings is 1. The first-order valence-electron chi connectivity index (χ1n) is 20.7. The molecule has 4 saturated heterocycles. The first-order chi connectivity index (χ1) is 28.9. The van der Waals surface area contributed by atoms with Gasteiger partial charge in [-0.3, -0.25) is 39.1 Å². The second-order valence-electron chi connectivity index (χ2n) is 16.5. The molecule has 0 spiro atoms. The Morgan fingerprint density at radius 3 is 2.20 bits per heavy atom. The molecule has 5 aliphatic heterocycles. The zero-order valence-corrected chi connectivity index (χ0v) is 34.2. The number of amides is 5. The molecular weight excluding hydrogens is 789 g/mol. The summed E-state index contributed by atoms with van der Waals surface area (Å²) in [6.07, 6.45) is 7.32. The average molecular weight is 836 g/mol. The second-order valence-corrected chi connectivity index (χ2v) is 16.9. The van der Waals surface area contributed by atoms with Crippen LogP contribution in [0.5, 0.6) is 0 Å². The minimum atomic E-state index is -1.10. The number of hydrogen-bond donors (Lipinski definition) is 3. The van der Waals surface area contributed by atoms with Crippen LogP contribution >= 0.6 is 11.6 Å². The summed E-state index contributed by atoms with van der Waals surface area (Å²) in [7, 11) is 0. The Hall–Kier alpha value is -5.80. The third-order valence-corrected chi connectivity index (χ3v) is 13.2. The van der Waals surface area contributed by atoms with Crippen LogP contribution in [0.1, 0.15) is 82.2 Å². The lowest BCUT2D eigenvalue weighted by molar-refractivity contribution is -0.136. The fraction of sp³-hybridized carbons (Fsp3) is 0.409. The number of benzene rings is 2. The number of nitrogens with zero attached hydrogens (tertiary/aromatic N) is 6. The van der Waals surface area contributed by atoms with E-state index >= 15 is 4.39 Å². The molecule has 16 heteroatoms. The third kappa shape index (κ3) is 7.27. The van der Waals surface area contributed by atoms with E-state index in [-0.39, 0.29) is 41.6 Å². The first-order valence-corrected chi connectivity index (χ1v) is 21.1. The number of imide groups is 2. The highest BCUT2D eigenvalue weighted by atomic mass is 35.5. The van der Waals surface area contributed by atoms with Crippen LogP contribution in [-0.4, -0.2) is 120 Å². The Balaban J connectivity index is 0.741. The zero-order valence-electron chi connectivity index (χ0n) is 33.4. The van der Waals surface area contributed by atoms with Crippen molar-refractivity contribution in [3.8, 4) is 0 Å². The van der Waals surface area contributed by atoms with Crippen molar-refractivity contribution < 1.29 is 28.4 Å². The third-order valence-electron chi connectivity index (χ3n) is 12.9. The van der Waals surface area contributed by atoms with E-state index in [4.69, 9.17) is 11.6 Å². The number of carbonyl (C=O) groups is 5. The van der Waals surface area contributed by atoms with Gasteiger partial charge < -0.3 is 25.0 Å². The van der Waals surface area contributed by atoms with E-state index in [1.54, 1.807) is 12.3 Å². The molecular formula is C44H47ClFN9O5. The number of nitrogens with one attached hydrogen (secondary N) is 3. The van der Waals surface area contributed by atoms with Crippen molar-refractivity contribution in [2.45, 2.75) is 63.6 Å². The Kier molecular flexibility index (Phi) is 10.6. The maximum absolute atomic E-state index is 15.5. The van der Waals surface area contributed by atoms with Gasteiger partial charge in [0.2, 0.25) is 11.8 Å². The van der Waals surface area contributed by atoms with Gasteiger partial charge in [-0.25, -0.2) is 9.37 Å². The van der Waals surface area contributed by atoms with Crippen LogP contribution in [-0.2, 0) is 9.59 Å². The van der Waals surface area contributed by atoms with Crippen molar-refractivity contribution >= 4 is 74.7 Å². The summed E-state index contributed by atoms with van der Waals surface area (Å²) in [5, 5.41) is 7.07. The lowest BCUT2D eigenvalue weighted by Gasteiger charge is -2.43. The van der Waals surface area contributed by atoms with Crippen molar-refractivity contribution in [3.63, 3.8) is 0 Å². The largest absolute Gasteiger partial charge is 0.370 e. The number of allylic oxidation sites excluding steroid dienone is 1. The van der Waals surface area contributed by atoms with Gasteiger partial charge in [0, 0.05) is 88.0 Å².